The minimum Gasteiger partial charge on any atom is -0.462 e. The van der Waals surface area contributed by atoms with Gasteiger partial charge in [-0.2, -0.15) is 0 Å². The molecule has 0 aromatic heterocycles. The van der Waals surface area contributed by atoms with Crippen LogP contribution in [0.25, 0.3) is 0 Å². The van der Waals surface area contributed by atoms with Gasteiger partial charge in [0, 0.05) is 25.7 Å². The Bertz CT molecular complexity index is 1980. The molecular formula is C85H166O17P2. The first-order valence-electron chi connectivity index (χ1n) is 44.2. The maximum absolute atomic E-state index is 13.1. The fourth-order valence-electron chi connectivity index (χ4n) is 13.3. The van der Waals surface area contributed by atoms with Crippen LogP contribution in [0.1, 0.15) is 458 Å². The molecule has 17 nitrogen and oxygen atoms in total. The quantitative estimate of drug-likeness (QED) is 0.0222. The standard InChI is InChI=1S/C85H166O17P2/c1-6-10-13-16-19-22-24-26-28-32-37-41-45-49-54-59-64-69-83(88)96-75-81(102-85(90)71-66-61-56-51-47-43-39-35-31-30-34-36-40-44-48-52-57-62-67-78(5)9-4)77-100-104(93,94)98-73-79(86)72-97-103(91,92)99-76-80(74-95-82(87)68-63-58-53-21-18-15-12-8-3)101-84(89)70-65-60-55-50-46-42-38-33-29-27-25-23-20-17-14-11-7-2/h78-81,86H,6-77H2,1-5H3,(H,91,92)(H,93,94)/t78?,79-,80+,81+/m0/s1. The van der Waals surface area contributed by atoms with E-state index in [4.69, 9.17) is 37.0 Å². The summed E-state index contributed by atoms with van der Waals surface area (Å²) in [6, 6.07) is 0. The number of phosphoric ester groups is 2. The highest BCUT2D eigenvalue weighted by atomic mass is 31.2. The van der Waals surface area contributed by atoms with Crippen LogP contribution in [0, 0.1) is 5.92 Å². The summed E-state index contributed by atoms with van der Waals surface area (Å²) in [6.45, 7) is 7.40. The maximum atomic E-state index is 13.1. The predicted octanol–water partition coefficient (Wildman–Crippen LogP) is 26.0. The number of carbonyl (C=O) groups is 4. The molecule has 0 aliphatic rings. The topological polar surface area (TPSA) is 237 Å². The molecule has 0 heterocycles. The lowest BCUT2D eigenvalue weighted by Gasteiger charge is -2.21. The van der Waals surface area contributed by atoms with Crippen molar-refractivity contribution in [2.24, 2.45) is 5.92 Å². The van der Waals surface area contributed by atoms with Gasteiger partial charge in [-0.1, -0.05) is 407 Å². The molecule has 3 unspecified atom stereocenters. The Hall–Kier alpha value is -1.94. The molecular weight excluding hydrogens is 1350 g/mol. The van der Waals surface area contributed by atoms with Crippen molar-refractivity contribution in [1.29, 1.82) is 0 Å². The summed E-state index contributed by atoms with van der Waals surface area (Å²) in [5.74, 6) is -1.23. The number of rotatable bonds is 85. The van der Waals surface area contributed by atoms with Gasteiger partial charge in [0.25, 0.3) is 0 Å². The smallest absolute Gasteiger partial charge is 0.462 e. The lowest BCUT2D eigenvalue weighted by molar-refractivity contribution is -0.161. The number of hydrogen-bond acceptors (Lipinski definition) is 15. The van der Waals surface area contributed by atoms with Gasteiger partial charge >= 0.3 is 39.5 Å². The Balaban J connectivity index is 5.18. The molecule has 0 aromatic carbocycles. The van der Waals surface area contributed by atoms with Gasteiger partial charge in [-0.05, 0) is 31.6 Å². The second-order valence-electron chi connectivity index (χ2n) is 30.8. The first-order valence-corrected chi connectivity index (χ1v) is 47.2. The zero-order valence-corrected chi connectivity index (χ0v) is 70.0. The third-order valence-electron chi connectivity index (χ3n) is 20.4. The summed E-state index contributed by atoms with van der Waals surface area (Å²) >= 11 is 0. The van der Waals surface area contributed by atoms with Crippen molar-refractivity contribution < 1.29 is 80.2 Å². The SMILES string of the molecule is CCCCCCCCCCCCCCCCCCCC(=O)OC[C@H](COP(=O)(O)OC[C@@H](O)COP(=O)(O)OC[C@@H](COC(=O)CCCCCCCCCC)OC(=O)CCCCCCCCCCCCCCCCCCC)OC(=O)CCCCCCCCCCCCCCCCCCCCC(C)CC. The zero-order chi connectivity index (χ0) is 76.2. The highest BCUT2D eigenvalue weighted by molar-refractivity contribution is 7.47. The van der Waals surface area contributed by atoms with Gasteiger partial charge in [-0.15, -0.1) is 0 Å². The van der Waals surface area contributed by atoms with Crippen LogP contribution in [0.3, 0.4) is 0 Å². The van der Waals surface area contributed by atoms with Gasteiger partial charge in [-0.25, -0.2) is 9.13 Å². The first-order chi connectivity index (χ1) is 50.6. The number of unbranched alkanes of at least 4 members (excludes halogenated alkanes) is 56. The van der Waals surface area contributed by atoms with Crippen LogP contribution in [0.5, 0.6) is 0 Å². The number of esters is 4. The second kappa shape index (κ2) is 77.8. The van der Waals surface area contributed by atoms with E-state index in [0.29, 0.717) is 25.7 Å². The third kappa shape index (κ3) is 76.8. The van der Waals surface area contributed by atoms with Crippen LogP contribution >= 0.6 is 15.6 Å². The van der Waals surface area contributed by atoms with Crippen LogP contribution in [-0.4, -0.2) is 96.7 Å². The van der Waals surface area contributed by atoms with Crippen LogP contribution in [0.2, 0.25) is 0 Å². The lowest BCUT2D eigenvalue weighted by Crippen LogP contribution is -2.30. The Labute approximate surface area is 638 Å². The molecule has 104 heavy (non-hydrogen) atoms. The number of aliphatic hydroxyl groups excluding tert-OH is 1. The van der Waals surface area contributed by atoms with Crippen molar-refractivity contribution in [2.45, 2.75) is 477 Å². The Morgan fingerprint density at radius 1 is 0.269 bits per heavy atom. The minimum absolute atomic E-state index is 0.109. The van der Waals surface area contributed by atoms with Gasteiger partial charge < -0.3 is 33.8 Å². The van der Waals surface area contributed by atoms with Gasteiger partial charge in [0.2, 0.25) is 0 Å². The number of ether oxygens (including phenoxy) is 4. The van der Waals surface area contributed by atoms with Crippen LogP contribution < -0.4 is 0 Å². The minimum atomic E-state index is -4.96. The molecule has 0 amide bonds. The number of carbonyl (C=O) groups excluding carboxylic acids is 4. The lowest BCUT2D eigenvalue weighted by atomic mass is 9.99. The van der Waals surface area contributed by atoms with Crippen molar-refractivity contribution in [1.82, 2.24) is 0 Å². The van der Waals surface area contributed by atoms with Crippen molar-refractivity contribution in [3.05, 3.63) is 0 Å². The van der Waals surface area contributed by atoms with Crippen molar-refractivity contribution in [2.75, 3.05) is 39.6 Å². The van der Waals surface area contributed by atoms with E-state index in [0.717, 1.165) is 95.8 Å². The van der Waals surface area contributed by atoms with E-state index >= 15 is 0 Å². The molecule has 0 bridgehead atoms. The van der Waals surface area contributed by atoms with Crippen molar-refractivity contribution in [3.63, 3.8) is 0 Å². The van der Waals surface area contributed by atoms with Crippen LogP contribution in [-0.2, 0) is 65.4 Å². The molecule has 0 rings (SSSR count). The summed E-state index contributed by atoms with van der Waals surface area (Å²) < 4.78 is 68.8. The van der Waals surface area contributed by atoms with Crippen LogP contribution in [0.4, 0.5) is 0 Å². The summed E-state index contributed by atoms with van der Waals surface area (Å²) in [5.41, 5.74) is 0. The first kappa shape index (κ1) is 102. The molecule has 19 heteroatoms. The van der Waals surface area contributed by atoms with E-state index in [1.54, 1.807) is 0 Å². The molecule has 0 aliphatic carbocycles. The molecule has 0 saturated heterocycles. The molecule has 0 saturated carbocycles. The van der Waals surface area contributed by atoms with E-state index < -0.39 is 97.5 Å². The Kier molecular flexibility index (Phi) is 76.3. The van der Waals surface area contributed by atoms with Gasteiger partial charge in [-0.3, -0.25) is 37.3 Å². The Morgan fingerprint density at radius 3 is 0.683 bits per heavy atom. The molecule has 0 aliphatic heterocycles. The molecule has 0 fully saturated rings. The number of phosphoric acid groups is 2. The molecule has 618 valence electrons. The monoisotopic (exact) mass is 1520 g/mol. The predicted molar refractivity (Wildman–Crippen MR) is 428 cm³/mol. The maximum Gasteiger partial charge on any atom is 0.472 e. The average molecular weight is 1520 g/mol. The molecule has 0 aromatic rings. The Morgan fingerprint density at radius 2 is 0.462 bits per heavy atom. The van der Waals surface area contributed by atoms with Crippen molar-refractivity contribution in [3.8, 4) is 0 Å². The fraction of sp³-hybridized carbons (Fsp3) is 0.953. The van der Waals surface area contributed by atoms with E-state index in [1.807, 2.05) is 0 Å². The molecule has 3 N–H and O–H groups in total. The van der Waals surface area contributed by atoms with Gasteiger partial charge in [0.05, 0.1) is 26.4 Å². The number of hydrogen-bond donors (Lipinski definition) is 3. The van der Waals surface area contributed by atoms with Gasteiger partial charge in [0.15, 0.2) is 12.2 Å². The van der Waals surface area contributed by atoms with E-state index in [9.17, 15) is 43.2 Å². The van der Waals surface area contributed by atoms with Crippen LogP contribution in [0.15, 0.2) is 0 Å². The van der Waals surface area contributed by atoms with Gasteiger partial charge in [0.1, 0.15) is 19.3 Å². The summed E-state index contributed by atoms with van der Waals surface area (Å²) in [7, 11) is -9.92. The summed E-state index contributed by atoms with van der Waals surface area (Å²) in [5, 5.41) is 10.7. The number of aliphatic hydroxyl groups is 1. The largest absolute Gasteiger partial charge is 0.472 e. The highest BCUT2D eigenvalue weighted by Gasteiger charge is 2.30. The normalized spacial score (nSPS) is 14.0. The zero-order valence-electron chi connectivity index (χ0n) is 68.2. The molecule has 0 radical (unpaired) electrons. The van der Waals surface area contributed by atoms with Crippen molar-refractivity contribution >= 4 is 39.5 Å². The summed E-state index contributed by atoms with van der Waals surface area (Å²) in [6.07, 6.45) is 70.8. The molecule has 0 spiro atoms. The third-order valence-corrected chi connectivity index (χ3v) is 22.3. The highest BCUT2D eigenvalue weighted by Crippen LogP contribution is 2.45. The van der Waals surface area contributed by atoms with E-state index in [1.165, 1.54) is 283 Å². The second-order valence-corrected chi connectivity index (χ2v) is 33.7. The average Bonchev–Trinajstić information content (AvgIpc) is 0.904. The fourth-order valence-corrected chi connectivity index (χ4v) is 14.8. The summed E-state index contributed by atoms with van der Waals surface area (Å²) in [4.78, 5) is 73.1. The van der Waals surface area contributed by atoms with E-state index in [2.05, 4.69) is 34.6 Å². The molecule has 6 atom stereocenters. The van der Waals surface area contributed by atoms with E-state index in [-0.39, 0.29) is 25.7 Å².